The number of ether oxygens (including phenoxy) is 2. The zero-order chi connectivity index (χ0) is 12.9. The van der Waals surface area contributed by atoms with Gasteiger partial charge in [-0.05, 0) is 44.0 Å². The van der Waals surface area contributed by atoms with Crippen LogP contribution >= 0.6 is 54.5 Å². The Kier molecular flexibility index (Phi) is 3.30. The molecule has 0 saturated carbocycles. The molecule has 3 rings (SSSR count). The third-order valence-corrected chi connectivity index (χ3v) is 6.27. The second-order valence-electron chi connectivity index (χ2n) is 3.66. The summed E-state index contributed by atoms with van der Waals surface area (Å²) in [7, 11) is 3.39. The molecule has 0 saturated heterocycles. The van der Waals surface area contributed by atoms with Gasteiger partial charge in [0.1, 0.15) is 7.57 Å². The highest BCUT2D eigenvalue weighted by molar-refractivity contribution is 9.11. The Hall–Kier alpha value is -0.300. The van der Waals surface area contributed by atoms with Gasteiger partial charge in [-0.1, -0.05) is 0 Å². The lowest BCUT2D eigenvalue weighted by Crippen LogP contribution is -1.81. The van der Waals surface area contributed by atoms with E-state index in [1.807, 2.05) is 0 Å². The fraction of sp³-hybridized carbons (Fsp3) is 0.167. The zero-order valence-corrected chi connectivity index (χ0v) is 14.3. The Morgan fingerprint density at radius 2 is 1.22 bits per heavy atom. The molecule has 2 nitrogen and oxygen atoms in total. The van der Waals surface area contributed by atoms with E-state index in [9.17, 15) is 0 Å². The minimum atomic E-state index is 0.903. The molecule has 0 N–H and O–H groups in total. The molecule has 0 atom stereocenters. The van der Waals surface area contributed by atoms with Crippen LogP contribution in [-0.4, -0.2) is 14.2 Å². The van der Waals surface area contributed by atoms with Crippen molar-refractivity contribution in [3.63, 3.8) is 0 Å². The van der Waals surface area contributed by atoms with Crippen LogP contribution in [0.5, 0.6) is 11.5 Å². The van der Waals surface area contributed by atoms with E-state index >= 15 is 0 Å². The first-order valence-corrected chi connectivity index (χ1v) is 8.29. The molecule has 1 aromatic carbocycles. The summed E-state index contributed by atoms with van der Waals surface area (Å²) in [6.07, 6.45) is 0. The number of thiophene rings is 2. The minimum Gasteiger partial charge on any atom is -0.494 e. The van der Waals surface area contributed by atoms with Crippen molar-refractivity contribution in [3.8, 4) is 11.5 Å². The van der Waals surface area contributed by atoms with Crippen molar-refractivity contribution in [2.45, 2.75) is 0 Å². The predicted octanol–water partition coefficient (Wildman–Crippen LogP) is 5.66. The van der Waals surface area contributed by atoms with Gasteiger partial charge in [0.25, 0.3) is 0 Å². The van der Waals surface area contributed by atoms with Gasteiger partial charge in [0, 0.05) is 20.2 Å². The van der Waals surface area contributed by atoms with Gasteiger partial charge in [-0.25, -0.2) is 0 Å². The molecular weight excluding hydrogens is 400 g/mol. The van der Waals surface area contributed by atoms with E-state index in [0.717, 1.165) is 29.8 Å². The first-order valence-electron chi connectivity index (χ1n) is 5.07. The highest BCUT2D eigenvalue weighted by atomic mass is 79.9. The second kappa shape index (κ2) is 4.67. The molecule has 0 fully saturated rings. The Labute approximate surface area is 129 Å². The summed E-state index contributed by atoms with van der Waals surface area (Å²) in [5.74, 6) is 1.81. The molecule has 3 aromatic rings. The third-order valence-electron chi connectivity index (χ3n) is 2.74. The van der Waals surface area contributed by atoms with Gasteiger partial charge in [-0.15, -0.1) is 22.7 Å². The van der Waals surface area contributed by atoms with Gasteiger partial charge in [0.15, 0.2) is 11.5 Å². The summed E-state index contributed by atoms with van der Waals surface area (Å²) in [4.78, 5) is 0. The average molecular weight is 408 g/mol. The lowest BCUT2D eigenvalue weighted by molar-refractivity contribution is 0.418. The first kappa shape index (κ1) is 12.7. The molecule has 0 bridgehead atoms. The number of halogens is 2. The normalized spacial score (nSPS) is 11.3. The van der Waals surface area contributed by atoms with Crippen LogP contribution in [0.4, 0.5) is 0 Å². The highest BCUT2D eigenvalue weighted by Gasteiger charge is 2.16. The number of hydrogen-bond donors (Lipinski definition) is 0. The Balaban J connectivity index is 2.42. The Morgan fingerprint density at radius 3 is 1.56 bits per heavy atom. The molecule has 2 heterocycles. The maximum absolute atomic E-state index is 5.44. The maximum atomic E-state index is 5.44. The largest absolute Gasteiger partial charge is 0.494 e. The number of fused-ring (bicyclic) bond motifs is 2. The number of benzene rings is 1. The lowest BCUT2D eigenvalue weighted by Gasteiger charge is -1.99. The van der Waals surface area contributed by atoms with Crippen LogP contribution < -0.4 is 9.47 Å². The van der Waals surface area contributed by atoms with Gasteiger partial charge in [-0.2, -0.15) is 0 Å². The van der Waals surface area contributed by atoms with Gasteiger partial charge in [0.05, 0.1) is 14.2 Å². The summed E-state index contributed by atoms with van der Waals surface area (Å²) < 4.78 is 15.3. The van der Waals surface area contributed by atoms with Gasteiger partial charge in [0.2, 0.25) is 0 Å². The standard InChI is InChI=1S/C12H8Br2O2S2/c1-15-9-5-3-8-6(4-7(5)17-11(9)13)10(16-2)12(14)18-8/h3-4H,1-2H3. The lowest BCUT2D eigenvalue weighted by atomic mass is 10.2. The van der Waals surface area contributed by atoms with Gasteiger partial charge in [-0.3, -0.25) is 0 Å². The van der Waals surface area contributed by atoms with Crippen LogP contribution in [-0.2, 0) is 0 Å². The fourth-order valence-corrected chi connectivity index (χ4v) is 5.59. The molecule has 0 unspecified atom stereocenters. The monoisotopic (exact) mass is 406 g/mol. The quantitative estimate of drug-likeness (QED) is 0.545. The first-order chi connectivity index (χ1) is 8.65. The van der Waals surface area contributed by atoms with E-state index in [1.165, 1.54) is 9.40 Å². The third kappa shape index (κ3) is 1.78. The van der Waals surface area contributed by atoms with Crippen LogP contribution in [0.1, 0.15) is 0 Å². The van der Waals surface area contributed by atoms with Crippen molar-refractivity contribution < 1.29 is 9.47 Å². The molecule has 0 aliphatic carbocycles. The topological polar surface area (TPSA) is 18.5 Å². The SMILES string of the molecule is COc1c(Br)sc2cc3c(OC)c(Br)sc3cc12. The summed E-state index contributed by atoms with van der Waals surface area (Å²) in [5, 5.41) is 2.27. The highest BCUT2D eigenvalue weighted by Crippen LogP contribution is 2.48. The molecular formula is C12H8Br2O2S2. The van der Waals surface area contributed by atoms with Crippen LogP contribution in [0.3, 0.4) is 0 Å². The van der Waals surface area contributed by atoms with E-state index in [-0.39, 0.29) is 0 Å². The second-order valence-corrected chi connectivity index (χ2v) is 8.40. The molecule has 0 aliphatic rings. The van der Waals surface area contributed by atoms with Crippen molar-refractivity contribution >= 4 is 74.7 Å². The maximum Gasteiger partial charge on any atom is 0.151 e. The van der Waals surface area contributed by atoms with Crippen molar-refractivity contribution in [2.75, 3.05) is 14.2 Å². The smallest absolute Gasteiger partial charge is 0.151 e. The zero-order valence-electron chi connectivity index (χ0n) is 9.54. The average Bonchev–Trinajstić information content (AvgIpc) is 2.80. The van der Waals surface area contributed by atoms with Crippen molar-refractivity contribution in [1.29, 1.82) is 0 Å². The van der Waals surface area contributed by atoms with Crippen molar-refractivity contribution in [2.24, 2.45) is 0 Å². The van der Waals surface area contributed by atoms with E-state index in [2.05, 4.69) is 44.0 Å². The van der Waals surface area contributed by atoms with E-state index in [0.29, 0.717) is 0 Å². The van der Waals surface area contributed by atoms with Crippen molar-refractivity contribution in [1.82, 2.24) is 0 Å². The van der Waals surface area contributed by atoms with Gasteiger partial charge < -0.3 is 9.47 Å². The summed E-state index contributed by atoms with van der Waals surface area (Å²) >= 11 is 10.4. The van der Waals surface area contributed by atoms with Crippen molar-refractivity contribution in [3.05, 3.63) is 19.7 Å². The summed E-state index contributed by atoms with van der Waals surface area (Å²) in [6.45, 7) is 0. The minimum absolute atomic E-state index is 0.903. The van der Waals surface area contributed by atoms with Crippen LogP contribution in [0.15, 0.2) is 19.7 Å². The molecule has 6 heteroatoms. The Bertz CT molecular complexity index is 681. The van der Waals surface area contributed by atoms with Crippen LogP contribution in [0, 0.1) is 0 Å². The fourth-order valence-electron chi connectivity index (χ4n) is 1.96. The molecule has 2 aromatic heterocycles. The van der Waals surface area contributed by atoms with E-state index < -0.39 is 0 Å². The van der Waals surface area contributed by atoms with Crippen LogP contribution in [0.25, 0.3) is 20.2 Å². The summed E-state index contributed by atoms with van der Waals surface area (Å²) in [6, 6.07) is 4.31. The van der Waals surface area contributed by atoms with E-state index in [1.54, 1.807) is 36.9 Å². The van der Waals surface area contributed by atoms with Crippen LogP contribution in [0.2, 0.25) is 0 Å². The van der Waals surface area contributed by atoms with Gasteiger partial charge >= 0.3 is 0 Å². The van der Waals surface area contributed by atoms with E-state index in [4.69, 9.17) is 9.47 Å². The number of methoxy groups -OCH3 is 2. The summed E-state index contributed by atoms with van der Waals surface area (Å²) in [5.41, 5.74) is 0. The molecule has 94 valence electrons. The Morgan fingerprint density at radius 1 is 0.833 bits per heavy atom. The molecule has 0 aliphatic heterocycles. The molecule has 0 radical (unpaired) electrons. The molecule has 0 spiro atoms. The molecule has 0 amide bonds. The number of rotatable bonds is 2. The number of hydrogen-bond acceptors (Lipinski definition) is 4. The predicted molar refractivity (Wildman–Crippen MR) is 85.7 cm³/mol. The molecule has 18 heavy (non-hydrogen) atoms.